The minimum atomic E-state index is -3.62. The standard InChI is InChI=1S/C11H14N2O4S/c12-9-10-2-1-3-11(8-10)18(15,16)13-4-6-17-7-5-14/h1-3,8,13-14H,4-7H2. The molecule has 6 nitrogen and oxygen atoms in total. The van der Waals surface area contributed by atoms with Crippen molar-refractivity contribution >= 4 is 10.0 Å². The van der Waals surface area contributed by atoms with Crippen molar-refractivity contribution in [1.82, 2.24) is 4.72 Å². The van der Waals surface area contributed by atoms with Crippen molar-refractivity contribution < 1.29 is 18.3 Å². The highest BCUT2D eigenvalue weighted by molar-refractivity contribution is 7.89. The van der Waals surface area contributed by atoms with Crippen LogP contribution in [-0.2, 0) is 14.8 Å². The summed E-state index contributed by atoms with van der Waals surface area (Å²) in [6.07, 6.45) is 0. The second-order valence-electron chi connectivity index (χ2n) is 3.37. The van der Waals surface area contributed by atoms with E-state index in [0.717, 1.165) is 0 Å². The van der Waals surface area contributed by atoms with Crippen molar-refractivity contribution in [3.05, 3.63) is 29.8 Å². The number of hydrogen-bond donors (Lipinski definition) is 2. The molecule has 1 aromatic carbocycles. The highest BCUT2D eigenvalue weighted by Crippen LogP contribution is 2.10. The number of sulfonamides is 1. The third-order valence-electron chi connectivity index (χ3n) is 2.05. The van der Waals surface area contributed by atoms with Crippen LogP contribution in [0.15, 0.2) is 29.2 Å². The van der Waals surface area contributed by atoms with Crippen molar-refractivity contribution in [3.63, 3.8) is 0 Å². The maximum absolute atomic E-state index is 11.8. The number of nitriles is 1. The lowest BCUT2D eigenvalue weighted by atomic mass is 10.2. The van der Waals surface area contributed by atoms with Gasteiger partial charge in [-0.05, 0) is 18.2 Å². The SMILES string of the molecule is N#Cc1cccc(S(=O)(=O)NCCOCCO)c1. The van der Waals surface area contributed by atoms with E-state index in [1.54, 1.807) is 0 Å². The van der Waals surface area contributed by atoms with Crippen LogP contribution >= 0.6 is 0 Å². The Labute approximate surface area is 106 Å². The molecular formula is C11H14N2O4S. The molecule has 0 spiro atoms. The predicted octanol–water partition coefficient (Wildman–Crippen LogP) is -0.155. The molecule has 0 aliphatic rings. The zero-order valence-electron chi connectivity index (χ0n) is 9.67. The molecule has 2 N–H and O–H groups in total. The van der Waals surface area contributed by atoms with Gasteiger partial charge in [-0.1, -0.05) is 6.07 Å². The van der Waals surface area contributed by atoms with Gasteiger partial charge in [0.1, 0.15) is 0 Å². The summed E-state index contributed by atoms with van der Waals surface area (Å²) in [5.74, 6) is 0. The Morgan fingerprint density at radius 1 is 1.39 bits per heavy atom. The molecule has 0 atom stereocenters. The highest BCUT2D eigenvalue weighted by Gasteiger charge is 2.13. The van der Waals surface area contributed by atoms with Crippen molar-refractivity contribution in [2.45, 2.75) is 4.90 Å². The first kappa shape index (κ1) is 14.6. The van der Waals surface area contributed by atoms with Crippen LogP contribution in [0.3, 0.4) is 0 Å². The van der Waals surface area contributed by atoms with Gasteiger partial charge in [-0.2, -0.15) is 5.26 Å². The fourth-order valence-corrected chi connectivity index (χ4v) is 2.29. The van der Waals surface area contributed by atoms with Crippen LogP contribution in [0.2, 0.25) is 0 Å². The molecule has 0 unspecified atom stereocenters. The lowest BCUT2D eigenvalue weighted by Crippen LogP contribution is -2.27. The molecule has 0 amide bonds. The Kier molecular flexibility index (Phi) is 5.74. The van der Waals surface area contributed by atoms with Gasteiger partial charge in [0.05, 0.1) is 36.3 Å². The van der Waals surface area contributed by atoms with E-state index in [4.69, 9.17) is 15.1 Å². The number of nitrogens with one attached hydrogen (secondary N) is 1. The van der Waals surface area contributed by atoms with E-state index >= 15 is 0 Å². The summed E-state index contributed by atoms with van der Waals surface area (Å²) in [5, 5.41) is 17.2. The van der Waals surface area contributed by atoms with E-state index < -0.39 is 10.0 Å². The molecule has 0 aliphatic heterocycles. The number of aliphatic hydroxyl groups excluding tert-OH is 1. The topological polar surface area (TPSA) is 99.4 Å². The summed E-state index contributed by atoms with van der Waals surface area (Å²) < 4.78 is 30.9. The molecule has 0 saturated carbocycles. The Hall–Kier alpha value is -1.46. The van der Waals surface area contributed by atoms with E-state index in [9.17, 15) is 8.42 Å². The zero-order chi connectivity index (χ0) is 13.4. The fourth-order valence-electron chi connectivity index (χ4n) is 1.23. The Balaban J connectivity index is 2.60. The number of aliphatic hydroxyl groups is 1. The molecule has 7 heteroatoms. The van der Waals surface area contributed by atoms with Crippen LogP contribution in [0.25, 0.3) is 0 Å². The second kappa shape index (κ2) is 7.08. The number of ether oxygens (including phenoxy) is 1. The molecule has 0 fully saturated rings. The number of rotatable bonds is 7. The van der Waals surface area contributed by atoms with E-state index in [1.165, 1.54) is 24.3 Å². The molecule has 0 bridgehead atoms. The van der Waals surface area contributed by atoms with Crippen LogP contribution < -0.4 is 4.72 Å². The van der Waals surface area contributed by atoms with Crippen LogP contribution in [-0.4, -0.2) is 39.9 Å². The summed E-state index contributed by atoms with van der Waals surface area (Å²) in [6.45, 7) is 0.361. The number of hydrogen-bond acceptors (Lipinski definition) is 5. The maximum atomic E-state index is 11.8. The van der Waals surface area contributed by atoms with E-state index in [2.05, 4.69) is 4.72 Å². The average molecular weight is 270 g/mol. The number of benzene rings is 1. The van der Waals surface area contributed by atoms with Crippen molar-refractivity contribution in [2.24, 2.45) is 0 Å². The fraction of sp³-hybridized carbons (Fsp3) is 0.364. The Morgan fingerprint density at radius 2 is 2.17 bits per heavy atom. The van der Waals surface area contributed by atoms with Crippen molar-refractivity contribution in [1.29, 1.82) is 5.26 Å². The van der Waals surface area contributed by atoms with Gasteiger partial charge in [-0.3, -0.25) is 0 Å². The molecule has 0 heterocycles. The molecule has 1 aromatic rings. The molecule has 0 saturated heterocycles. The van der Waals surface area contributed by atoms with Gasteiger partial charge in [0.25, 0.3) is 0 Å². The molecule has 0 radical (unpaired) electrons. The molecular weight excluding hydrogens is 256 g/mol. The largest absolute Gasteiger partial charge is 0.394 e. The smallest absolute Gasteiger partial charge is 0.240 e. The highest BCUT2D eigenvalue weighted by atomic mass is 32.2. The molecule has 0 aliphatic carbocycles. The van der Waals surface area contributed by atoms with Crippen LogP contribution in [0, 0.1) is 11.3 Å². The van der Waals surface area contributed by atoms with Gasteiger partial charge >= 0.3 is 0 Å². The van der Waals surface area contributed by atoms with Crippen LogP contribution in [0.5, 0.6) is 0 Å². The van der Waals surface area contributed by atoms with Crippen LogP contribution in [0.4, 0.5) is 0 Å². The minimum absolute atomic E-state index is 0.0451. The lowest BCUT2D eigenvalue weighted by molar-refractivity contribution is 0.0961. The molecule has 1 rings (SSSR count). The molecule has 98 valence electrons. The van der Waals surface area contributed by atoms with Gasteiger partial charge in [0.15, 0.2) is 0 Å². The van der Waals surface area contributed by atoms with Crippen LogP contribution in [0.1, 0.15) is 5.56 Å². The Bertz CT molecular complexity index is 522. The summed E-state index contributed by atoms with van der Waals surface area (Å²) in [7, 11) is -3.62. The van der Waals surface area contributed by atoms with Gasteiger partial charge in [0, 0.05) is 6.54 Å². The van der Waals surface area contributed by atoms with E-state index in [1.807, 2.05) is 6.07 Å². The number of nitrogens with zero attached hydrogens (tertiary/aromatic N) is 1. The van der Waals surface area contributed by atoms with Crippen molar-refractivity contribution in [3.8, 4) is 6.07 Å². The van der Waals surface area contributed by atoms with Gasteiger partial charge < -0.3 is 9.84 Å². The normalized spacial score (nSPS) is 11.1. The van der Waals surface area contributed by atoms with E-state index in [-0.39, 0.29) is 36.8 Å². The quantitative estimate of drug-likeness (QED) is 0.671. The average Bonchev–Trinajstić information content (AvgIpc) is 2.38. The lowest BCUT2D eigenvalue weighted by Gasteiger charge is -2.07. The van der Waals surface area contributed by atoms with Gasteiger partial charge in [0.2, 0.25) is 10.0 Å². The summed E-state index contributed by atoms with van der Waals surface area (Å²) in [6, 6.07) is 7.64. The van der Waals surface area contributed by atoms with E-state index in [0.29, 0.717) is 0 Å². The zero-order valence-corrected chi connectivity index (χ0v) is 10.5. The second-order valence-corrected chi connectivity index (χ2v) is 5.14. The maximum Gasteiger partial charge on any atom is 0.240 e. The monoisotopic (exact) mass is 270 g/mol. The summed E-state index contributed by atoms with van der Waals surface area (Å²) in [5.41, 5.74) is 0.286. The van der Waals surface area contributed by atoms with Crippen molar-refractivity contribution in [2.75, 3.05) is 26.4 Å². The minimum Gasteiger partial charge on any atom is -0.394 e. The van der Waals surface area contributed by atoms with Gasteiger partial charge in [-0.15, -0.1) is 0 Å². The predicted molar refractivity (Wildman–Crippen MR) is 64.3 cm³/mol. The first-order valence-corrected chi connectivity index (χ1v) is 6.77. The molecule has 18 heavy (non-hydrogen) atoms. The van der Waals surface area contributed by atoms with Gasteiger partial charge in [-0.25, -0.2) is 13.1 Å². The summed E-state index contributed by atoms with van der Waals surface area (Å²) in [4.78, 5) is 0.0451. The Morgan fingerprint density at radius 3 is 2.83 bits per heavy atom. The third-order valence-corrected chi connectivity index (χ3v) is 3.51. The third kappa shape index (κ3) is 4.43. The molecule has 0 aromatic heterocycles. The first-order chi connectivity index (χ1) is 8.60. The first-order valence-electron chi connectivity index (χ1n) is 5.28. The summed E-state index contributed by atoms with van der Waals surface area (Å²) >= 11 is 0.